The van der Waals surface area contributed by atoms with Crippen molar-refractivity contribution < 1.29 is 9.36 Å². The van der Waals surface area contributed by atoms with Crippen molar-refractivity contribution in [2.75, 3.05) is 0 Å². The highest BCUT2D eigenvalue weighted by molar-refractivity contribution is 5.52. The molecule has 0 saturated carbocycles. The molecule has 5 rings (SSSR count). The van der Waals surface area contributed by atoms with E-state index in [9.17, 15) is 0 Å². The minimum absolute atomic E-state index is 0.779. The van der Waals surface area contributed by atoms with Gasteiger partial charge in [-0.25, -0.2) is 10.2 Å². The normalized spacial score (nSPS) is 10.9. The number of hydrogen-bond donors (Lipinski definition) is 2. The Morgan fingerprint density at radius 1 is 0.571 bits per heavy atom. The number of hydrogen-bond acceptors (Lipinski definition) is 3. The zero-order valence-electron chi connectivity index (χ0n) is 14.9. The van der Waals surface area contributed by atoms with Crippen LogP contribution in [0.2, 0.25) is 0 Å². The van der Waals surface area contributed by atoms with E-state index in [-0.39, 0.29) is 0 Å². The van der Waals surface area contributed by atoms with Gasteiger partial charge in [-0.3, -0.25) is 9.97 Å². The first-order valence-electron chi connectivity index (χ1n) is 8.89. The molecule has 0 aromatic carbocycles. The van der Waals surface area contributed by atoms with Crippen molar-refractivity contribution in [2.24, 2.45) is 0 Å². The monoisotopic (exact) mass is 367 g/mol. The van der Waals surface area contributed by atoms with Crippen LogP contribution in [0.4, 0.5) is 0 Å². The third-order valence-electron chi connectivity index (χ3n) is 4.36. The van der Waals surface area contributed by atoms with Crippen molar-refractivity contribution in [1.82, 2.24) is 25.1 Å². The summed E-state index contributed by atoms with van der Waals surface area (Å²) in [5.74, 6) is 1.56. The Morgan fingerprint density at radius 2 is 1.11 bits per heavy atom. The van der Waals surface area contributed by atoms with Gasteiger partial charge in [-0.2, -0.15) is 0 Å². The van der Waals surface area contributed by atoms with Gasteiger partial charge in [-0.1, -0.05) is 12.1 Å². The molecule has 5 aromatic heterocycles. The molecule has 0 saturated heterocycles. The number of aromatic nitrogens is 7. The highest BCUT2D eigenvalue weighted by Gasteiger charge is 2.17. The molecule has 0 fully saturated rings. The Kier molecular flexibility index (Phi) is 3.95. The zero-order chi connectivity index (χ0) is 18.8. The molecule has 0 spiro atoms. The van der Waals surface area contributed by atoms with Gasteiger partial charge in [0.25, 0.3) is 0 Å². The first-order valence-corrected chi connectivity index (χ1v) is 8.89. The Bertz CT molecular complexity index is 1120. The van der Waals surface area contributed by atoms with Crippen LogP contribution >= 0.6 is 0 Å². The third kappa shape index (κ3) is 3.05. The van der Waals surface area contributed by atoms with Gasteiger partial charge in [0.15, 0.2) is 0 Å². The van der Waals surface area contributed by atoms with Crippen molar-refractivity contribution in [2.45, 2.75) is 0 Å². The van der Waals surface area contributed by atoms with E-state index in [0.29, 0.717) is 0 Å². The summed E-state index contributed by atoms with van der Waals surface area (Å²) in [4.78, 5) is 13.5. The van der Waals surface area contributed by atoms with Crippen LogP contribution < -0.4 is 9.36 Å². The fourth-order valence-corrected chi connectivity index (χ4v) is 2.98. The predicted molar refractivity (Wildman–Crippen MR) is 102 cm³/mol. The minimum Gasteiger partial charge on any atom is -0.255 e. The summed E-state index contributed by atoms with van der Waals surface area (Å²) in [7, 11) is 0. The maximum atomic E-state index is 4.75. The highest BCUT2D eigenvalue weighted by Crippen LogP contribution is 2.13. The molecular formula is C21H17N7+2. The lowest BCUT2D eigenvalue weighted by Gasteiger charge is -1.96. The quantitative estimate of drug-likeness (QED) is 0.479. The summed E-state index contributed by atoms with van der Waals surface area (Å²) in [6, 6.07) is 21.5. The van der Waals surface area contributed by atoms with E-state index in [0.717, 1.165) is 34.4 Å². The number of pyridine rings is 3. The molecule has 0 amide bonds. The molecule has 28 heavy (non-hydrogen) atoms. The van der Waals surface area contributed by atoms with Gasteiger partial charge in [-0.05, 0) is 30.3 Å². The molecule has 5 heterocycles. The molecule has 7 nitrogen and oxygen atoms in total. The second-order valence-corrected chi connectivity index (χ2v) is 6.21. The molecular weight excluding hydrogens is 350 g/mol. The van der Waals surface area contributed by atoms with Crippen LogP contribution in [0.15, 0.2) is 91.5 Å². The second-order valence-electron chi connectivity index (χ2n) is 6.21. The Balaban J connectivity index is 1.46. The second kappa shape index (κ2) is 6.88. The fourth-order valence-electron chi connectivity index (χ4n) is 2.98. The van der Waals surface area contributed by atoms with Gasteiger partial charge in [0, 0.05) is 41.6 Å². The van der Waals surface area contributed by atoms with Crippen LogP contribution in [0.5, 0.6) is 0 Å². The lowest BCUT2D eigenvalue weighted by atomic mass is 10.3. The minimum atomic E-state index is 0.779. The lowest BCUT2D eigenvalue weighted by Crippen LogP contribution is -2.37. The summed E-state index contributed by atoms with van der Waals surface area (Å²) < 4.78 is 3.74. The van der Waals surface area contributed by atoms with Crippen molar-refractivity contribution in [3.8, 4) is 34.4 Å². The van der Waals surface area contributed by atoms with Crippen LogP contribution in [-0.2, 0) is 0 Å². The Labute approximate surface area is 161 Å². The van der Waals surface area contributed by atoms with Crippen molar-refractivity contribution >= 4 is 0 Å². The van der Waals surface area contributed by atoms with E-state index in [1.54, 1.807) is 12.4 Å². The summed E-state index contributed by atoms with van der Waals surface area (Å²) in [6.07, 6.45) is 7.44. The van der Waals surface area contributed by atoms with Crippen LogP contribution in [0, 0.1) is 0 Å². The van der Waals surface area contributed by atoms with Crippen molar-refractivity contribution in [1.29, 1.82) is 0 Å². The van der Waals surface area contributed by atoms with E-state index in [4.69, 9.17) is 4.98 Å². The van der Waals surface area contributed by atoms with E-state index < -0.39 is 0 Å². The van der Waals surface area contributed by atoms with E-state index in [1.165, 1.54) is 0 Å². The smallest absolute Gasteiger partial charge is 0.255 e. The highest BCUT2D eigenvalue weighted by atomic mass is 15.3. The summed E-state index contributed by atoms with van der Waals surface area (Å²) in [5.41, 5.74) is 3.63. The third-order valence-corrected chi connectivity index (χ3v) is 4.36. The summed E-state index contributed by atoms with van der Waals surface area (Å²) >= 11 is 0. The zero-order valence-corrected chi connectivity index (χ0v) is 14.9. The number of rotatable bonds is 4. The Morgan fingerprint density at radius 3 is 1.57 bits per heavy atom. The first kappa shape index (κ1) is 16.1. The molecule has 134 valence electrons. The maximum absolute atomic E-state index is 4.75. The topological polar surface area (TPSA) is 78.0 Å². The molecule has 0 atom stereocenters. The van der Waals surface area contributed by atoms with Crippen LogP contribution in [-0.4, -0.2) is 25.1 Å². The summed E-state index contributed by atoms with van der Waals surface area (Å²) in [5, 5.41) is 6.64. The fraction of sp³-hybridized carbons (Fsp3) is 0. The molecule has 7 heteroatoms. The van der Waals surface area contributed by atoms with Crippen LogP contribution in [0.3, 0.4) is 0 Å². The lowest BCUT2D eigenvalue weighted by molar-refractivity contribution is -0.669. The molecule has 0 radical (unpaired) electrons. The van der Waals surface area contributed by atoms with Gasteiger partial charge in [-0.15, -0.1) is 9.36 Å². The van der Waals surface area contributed by atoms with Gasteiger partial charge in [0.1, 0.15) is 23.8 Å². The van der Waals surface area contributed by atoms with Gasteiger partial charge in [0.05, 0.1) is 11.4 Å². The SMILES string of the molecule is c1ccc(-c2cc[n+](-c3cccc(-[n+]4ccc(-c5ccccn5)[nH]4)n3)[nH]2)nc1. The summed E-state index contributed by atoms with van der Waals surface area (Å²) in [6.45, 7) is 0. The largest absolute Gasteiger partial charge is 0.351 e. The average molecular weight is 367 g/mol. The number of aromatic amines is 2. The molecule has 0 bridgehead atoms. The Hall–Kier alpha value is -4.13. The van der Waals surface area contributed by atoms with E-state index >= 15 is 0 Å². The van der Waals surface area contributed by atoms with Gasteiger partial charge in [0.2, 0.25) is 0 Å². The van der Waals surface area contributed by atoms with Gasteiger partial charge >= 0.3 is 11.6 Å². The number of nitrogens with one attached hydrogen (secondary N) is 2. The average Bonchev–Trinajstić information content (AvgIpc) is 3.46. The molecule has 0 aliphatic rings. The molecule has 2 N–H and O–H groups in total. The molecule has 5 aromatic rings. The number of nitrogens with zero attached hydrogens (tertiary/aromatic N) is 5. The van der Waals surface area contributed by atoms with Crippen molar-refractivity contribution in [3.05, 3.63) is 91.5 Å². The first-order chi connectivity index (χ1) is 13.9. The van der Waals surface area contributed by atoms with Crippen LogP contribution in [0.1, 0.15) is 0 Å². The number of H-pyrrole nitrogens is 2. The van der Waals surface area contributed by atoms with Crippen LogP contribution in [0.25, 0.3) is 34.4 Å². The predicted octanol–water partition coefficient (Wildman–Crippen LogP) is 2.42. The molecule has 0 unspecified atom stereocenters. The van der Waals surface area contributed by atoms with Gasteiger partial charge < -0.3 is 0 Å². The van der Waals surface area contributed by atoms with E-state index in [1.807, 2.05) is 88.5 Å². The van der Waals surface area contributed by atoms with E-state index in [2.05, 4.69) is 20.2 Å². The maximum Gasteiger partial charge on any atom is 0.351 e. The molecule has 0 aliphatic heterocycles. The van der Waals surface area contributed by atoms with Crippen molar-refractivity contribution in [3.63, 3.8) is 0 Å². The standard InChI is InChI=1S/C21H15N7/c1-3-12-22-16(6-1)18-10-14-27(25-18)20-8-5-9-21(24-20)28-15-11-19(26-28)17-7-2-4-13-23-17/h1-15H/p+2. The molecule has 0 aliphatic carbocycles.